The lowest BCUT2D eigenvalue weighted by atomic mass is 9.87. The monoisotopic (exact) mass is 306 g/mol. The summed E-state index contributed by atoms with van der Waals surface area (Å²) in [6.45, 7) is 5.40. The minimum Gasteiger partial charge on any atom is -0.453 e. The number of methoxy groups -OCH3 is 1. The maximum absolute atomic E-state index is 12.4. The Morgan fingerprint density at radius 1 is 1.27 bits per heavy atom. The molecular weight excluding hydrogens is 288 g/mol. The standard InChI is InChI=1S/C14H18N4O4/c1-14(2,3)11(15-13(20)21-4)12(19)22-18-10-8-6-5-7-9(10)16-17-18/h5-8,11H,1-4H3,(H,15,20)/t11-/m1/s1. The van der Waals surface area contributed by atoms with Crippen LogP contribution in [0.4, 0.5) is 4.79 Å². The van der Waals surface area contributed by atoms with Gasteiger partial charge >= 0.3 is 12.1 Å². The van der Waals surface area contributed by atoms with Crippen LogP contribution in [0.5, 0.6) is 0 Å². The van der Waals surface area contributed by atoms with Crippen molar-refractivity contribution in [2.75, 3.05) is 7.11 Å². The van der Waals surface area contributed by atoms with Crippen molar-refractivity contribution in [1.29, 1.82) is 0 Å². The summed E-state index contributed by atoms with van der Waals surface area (Å²) in [5.41, 5.74) is 0.590. The summed E-state index contributed by atoms with van der Waals surface area (Å²) in [5.74, 6) is -0.659. The lowest BCUT2D eigenvalue weighted by molar-refractivity contribution is -0.150. The Kier molecular flexibility index (Phi) is 4.30. The molecular formula is C14H18N4O4. The van der Waals surface area contributed by atoms with Crippen LogP contribution >= 0.6 is 0 Å². The molecule has 1 heterocycles. The zero-order chi connectivity index (χ0) is 16.3. The van der Waals surface area contributed by atoms with E-state index in [1.165, 1.54) is 7.11 Å². The fourth-order valence-corrected chi connectivity index (χ4v) is 1.86. The summed E-state index contributed by atoms with van der Waals surface area (Å²) >= 11 is 0. The molecule has 1 N–H and O–H groups in total. The van der Waals surface area contributed by atoms with Crippen molar-refractivity contribution in [2.24, 2.45) is 5.41 Å². The van der Waals surface area contributed by atoms with Crippen LogP contribution in [0.3, 0.4) is 0 Å². The van der Waals surface area contributed by atoms with Crippen LogP contribution in [0, 0.1) is 5.41 Å². The fourth-order valence-electron chi connectivity index (χ4n) is 1.86. The van der Waals surface area contributed by atoms with Gasteiger partial charge in [0, 0.05) is 0 Å². The number of ether oxygens (including phenoxy) is 1. The number of nitrogens with one attached hydrogen (secondary N) is 1. The van der Waals surface area contributed by atoms with Crippen molar-refractivity contribution in [2.45, 2.75) is 26.8 Å². The van der Waals surface area contributed by atoms with E-state index in [4.69, 9.17) is 4.84 Å². The molecule has 0 saturated carbocycles. The molecule has 2 rings (SSSR count). The van der Waals surface area contributed by atoms with E-state index in [2.05, 4.69) is 20.4 Å². The zero-order valence-corrected chi connectivity index (χ0v) is 12.9. The maximum Gasteiger partial charge on any atom is 0.407 e. The maximum atomic E-state index is 12.4. The molecule has 8 nitrogen and oxygen atoms in total. The Bertz CT molecular complexity index is 689. The summed E-state index contributed by atoms with van der Waals surface area (Å²) in [5, 5.41) is 10.1. The minimum absolute atomic E-state index is 0.557. The first-order valence-corrected chi connectivity index (χ1v) is 6.70. The van der Waals surface area contributed by atoms with Crippen LogP contribution in [0.15, 0.2) is 24.3 Å². The van der Waals surface area contributed by atoms with Crippen LogP contribution in [0.2, 0.25) is 0 Å². The molecule has 2 aromatic rings. The summed E-state index contributed by atoms with van der Waals surface area (Å²) in [4.78, 5) is 30.1. The molecule has 0 unspecified atom stereocenters. The lowest BCUT2D eigenvalue weighted by Crippen LogP contribution is -2.52. The van der Waals surface area contributed by atoms with E-state index < -0.39 is 23.5 Å². The molecule has 0 saturated heterocycles. The topological polar surface area (TPSA) is 95.3 Å². The molecule has 22 heavy (non-hydrogen) atoms. The van der Waals surface area contributed by atoms with Crippen molar-refractivity contribution in [1.82, 2.24) is 20.5 Å². The van der Waals surface area contributed by atoms with Crippen LogP contribution in [0.25, 0.3) is 11.0 Å². The second-order valence-electron chi connectivity index (χ2n) is 5.80. The van der Waals surface area contributed by atoms with E-state index >= 15 is 0 Å². The quantitative estimate of drug-likeness (QED) is 0.855. The molecule has 0 bridgehead atoms. The first-order valence-electron chi connectivity index (χ1n) is 6.70. The summed E-state index contributed by atoms with van der Waals surface area (Å²) in [6.07, 6.45) is -0.708. The first-order chi connectivity index (χ1) is 10.3. The third-order valence-electron chi connectivity index (χ3n) is 3.05. The molecule has 1 amide bonds. The Morgan fingerprint density at radius 3 is 2.59 bits per heavy atom. The van der Waals surface area contributed by atoms with Gasteiger partial charge in [0.2, 0.25) is 0 Å². The molecule has 0 aliphatic rings. The SMILES string of the molecule is COC(=O)N[C@H](C(=O)On1nnc2ccccc21)C(C)(C)C. The number of alkyl carbamates (subject to hydrolysis) is 1. The molecule has 1 aromatic heterocycles. The van der Waals surface area contributed by atoms with Crippen molar-refractivity contribution in [3.63, 3.8) is 0 Å². The fraction of sp³-hybridized carbons (Fsp3) is 0.429. The highest BCUT2D eigenvalue weighted by Gasteiger charge is 2.35. The van der Waals surface area contributed by atoms with E-state index in [1.807, 2.05) is 0 Å². The number of fused-ring (bicyclic) bond motifs is 1. The molecule has 118 valence electrons. The zero-order valence-electron chi connectivity index (χ0n) is 12.9. The van der Waals surface area contributed by atoms with Gasteiger partial charge in [-0.3, -0.25) is 0 Å². The highest BCUT2D eigenvalue weighted by molar-refractivity contribution is 5.83. The average molecular weight is 306 g/mol. The number of rotatable bonds is 3. The number of carbonyl (C=O) groups excluding carboxylic acids is 2. The van der Waals surface area contributed by atoms with Crippen molar-refractivity contribution in [3.05, 3.63) is 24.3 Å². The number of amides is 1. The number of para-hydroxylation sites is 1. The molecule has 0 spiro atoms. The highest BCUT2D eigenvalue weighted by atomic mass is 16.7. The molecule has 8 heteroatoms. The predicted octanol–water partition coefficient (Wildman–Crippen LogP) is 1.16. The van der Waals surface area contributed by atoms with E-state index in [-0.39, 0.29) is 0 Å². The van der Waals surface area contributed by atoms with Crippen molar-refractivity contribution < 1.29 is 19.2 Å². The van der Waals surface area contributed by atoms with E-state index in [0.29, 0.717) is 11.0 Å². The van der Waals surface area contributed by atoms with Gasteiger partial charge in [-0.2, -0.15) is 0 Å². The van der Waals surface area contributed by atoms with Gasteiger partial charge in [0.15, 0.2) is 0 Å². The Hall–Kier alpha value is -2.64. The Balaban J connectivity index is 2.22. The van der Waals surface area contributed by atoms with Crippen LogP contribution in [0.1, 0.15) is 20.8 Å². The highest BCUT2D eigenvalue weighted by Crippen LogP contribution is 2.20. The number of carbonyl (C=O) groups is 2. The molecule has 0 radical (unpaired) electrons. The van der Waals surface area contributed by atoms with Gasteiger partial charge in [-0.25, -0.2) is 9.59 Å². The molecule has 0 fully saturated rings. The average Bonchev–Trinajstić information content (AvgIpc) is 2.86. The number of hydrogen-bond donors (Lipinski definition) is 1. The summed E-state index contributed by atoms with van der Waals surface area (Å²) in [7, 11) is 1.23. The van der Waals surface area contributed by atoms with E-state index in [9.17, 15) is 9.59 Å². The van der Waals surface area contributed by atoms with Gasteiger partial charge in [0.05, 0.1) is 7.11 Å². The third-order valence-corrected chi connectivity index (χ3v) is 3.05. The first kappa shape index (κ1) is 15.7. The predicted molar refractivity (Wildman–Crippen MR) is 77.9 cm³/mol. The van der Waals surface area contributed by atoms with Gasteiger partial charge in [0.1, 0.15) is 17.1 Å². The largest absolute Gasteiger partial charge is 0.453 e. The van der Waals surface area contributed by atoms with E-state index in [1.54, 1.807) is 45.0 Å². The number of nitrogens with zero attached hydrogens (tertiary/aromatic N) is 3. The number of hydrogen-bond acceptors (Lipinski definition) is 6. The van der Waals surface area contributed by atoms with Gasteiger partial charge in [-0.15, -0.1) is 5.10 Å². The second kappa shape index (κ2) is 6.00. The van der Waals surface area contributed by atoms with Crippen LogP contribution in [-0.2, 0) is 9.53 Å². The second-order valence-corrected chi connectivity index (χ2v) is 5.80. The van der Waals surface area contributed by atoms with Crippen molar-refractivity contribution in [3.8, 4) is 0 Å². The van der Waals surface area contributed by atoms with Gasteiger partial charge in [0.25, 0.3) is 0 Å². The number of benzene rings is 1. The van der Waals surface area contributed by atoms with E-state index in [0.717, 1.165) is 4.85 Å². The number of aromatic nitrogens is 3. The Labute approximate surface area is 127 Å². The Morgan fingerprint density at radius 2 is 1.95 bits per heavy atom. The third kappa shape index (κ3) is 3.33. The molecule has 1 atom stereocenters. The van der Waals surface area contributed by atoms with Crippen LogP contribution < -0.4 is 10.2 Å². The summed E-state index contributed by atoms with van der Waals surface area (Å²) in [6, 6.07) is 6.16. The normalized spacial score (nSPS) is 12.7. The molecule has 0 aliphatic heterocycles. The van der Waals surface area contributed by atoms with Gasteiger partial charge < -0.3 is 14.9 Å². The molecule has 0 aliphatic carbocycles. The minimum atomic E-state index is -0.900. The lowest BCUT2D eigenvalue weighted by Gasteiger charge is -2.28. The molecule has 1 aromatic carbocycles. The van der Waals surface area contributed by atoms with Gasteiger partial charge in [-0.1, -0.05) is 37.7 Å². The summed E-state index contributed by atoms with van der Waals surface area (Å²) < 4.78 is 4.54. The smallest absolute Gasteiger partial charge is 0.407 e. The van der Waals surface area contributed by atoms with Crippen molar-refractivity contribution >= 4 is 23.1 Å². The van der Waals surface area contributed by atoms with Gasteiger partial charge in [-0.05, 0) is 22.8 Å². The van der Waals surface area contributed by atoms with Crippen LogP contribution in [-0.4, -0.2) is 40.4 Å².